The Balaban J connectivity index is 2.04. The standard InChI is InChI=1S/C33H36ClF6NO5/c1-18(2)41(20(4)31(44)21-12-23(32(35,36)37)15-24(13-21)33(38,39)40)17-22-14-25(34)8-9-26(22)27-16-28(19(3)11-29(27)45-5)46-10-6-7-30(42)43/h8-9,11-16,18,20,31,44H,6-7,10,17H2,1-5H3,(H,42,43). The van der Waals surface area contributed by atoms with Gasteiger partial charge in [-0.1, -0.05) is 17.7 Å². The maximum atomic E-state index is 13.5. The molecule has 0 aliphatic rings. The third kappa shape index (κ3) is 9.29. The van der Waals surface area contributed by atoms with E-state index in [1.54, 1.807) is 49.1 Å². The van der Waals surface area contributed by atoms with E-state index in [2.05, 4.69) is 0 Å². The molecule has 0 amide bonds. The molecule has 46 heavy (non-hydrogen) atoms. The summed E-state index contributed by atoms with van der Waals surface area (Å²) < 4.78 is 92.7. The van der Waals surface area contributed by atoms with Crippen LogP contribution in [0, 0.1) is 6.92 Å². The molecule has 2 unspecified atom stereocenters. The van der Waals surface area contributed by atoms with Crippen LogP contribution in [0.1, 0.15) is 67.5 Å². The minimum Gasteiger partial charge on any atom is -0.496 e. The first-order valence-corrected chi connectivity index (χ1v) is 14.8. The van der Waals surface area contributed by atoms with Gasteiger partial charge in [-0.2, -0.15) is 26.3 Å². The molecule has 13 heteroatoms. The summed E-state index contributed by atoms with van der Waals surface area (Å²) in [6, 6.07) is 8.45. The fourth-order valence-corrected chi connectivity index (χ4v) is 5.36. The minimum atomic E-state index is -5.06. The summed E-state index contributed by atoms with van der Waals surface area (Å²) in [5.41, 5.74) is -0.893. The first kappa shape index (κ1) is 37.0. The van der Waals surface area contributed by atoms with Gasteiger partial charge in [-0.05, 0) is 98.8 Å². The fraction of sp³-hybridized carbons (Fsp3) is 0.424. The zero-order valence-corrected chi connectivity index (χ0v) is 26.6. The van der Waals surface area contributed by atoms with Crippen molar-refractivity contribution in [1.29, 1.82) is 0 Å². The van der Waals surface area contributed by atoms with E-state index in [-0.39, 0.29) is 31.7 Å². The van der Waals surface area contributed by atoms with Gasteiger partial charge >= 0.3 is 18.3 Å². The SMILES string of the molecule is COc1cc(C)c(OCCCC(=O)O)cc1-c1ccc(Cl)cc1CN(C(C)C)C(C)C(O)c1cc(C(F)(F)F)cc(C(F)(F)F)c1. The molecule has 0 saturated heterocycles. The number of hydrogen-bond donors (Lipinski definition) is 2. The number of carbonyl (C=O) groups is 1. The van der Waals surface area contributed by atoms with E-state index < -0.39 is 47.2 Å². The number of carboxylic acid groups (broad SMARTS) is 1. The lowest BCUT2D eigenvalue weighted by molar-refractivity contribution is -0.143. The number of halogens is 7. The number of ether oxygens (including phenoxy) is 2. The Morgan fingerprint density at radius 3 is 2.04 bits per heavy atom. The third-order valence-electron chi connectivity index (χ3n) is 7.59. The molecule has 0 fully saturated rings. The van der Waals surface area contributed by atoms with E-state index in [1.807, 2.05) is 6.92 Å². The number of carboxylic acids is 1. The van der Waals surface area contributed by atoms with Gasteiger partial charge in [0.25, 0.3) is 0 Å². The van der Waals surface area contributed by atoms with Crippen LogP contribution >= 0.6 is 11.6 Å². The van der Waals surface area contributed by atoms with Crippen molar-refractivity contribution in [2.75, 3.05) is 13.7 Å². The monoisotopic (exact) mass is 675 g/mol. The average molecular weight is 676 g/mol. The highest BCUT2D eigenvalue weighted by atomic mass is 35.5. The van der Waals surface area contributed by atoms with Crippen LogP contribution in [0.4, 0.5) is 26.3 Å². The number of nitrogens with zero attached hydrogens (tertiary/aromatic N) is 1. The quantitative estimate of drug-likeness (QED) is 0.139. The van der Waals surface area contributed by atoms with E-state index in [0.29, 0.717) is 51.8 Å². The summed E-state index contributed by atoms with van der Waals surface area (Å²) in [6.07, 6.45) is -11.6. The summed E-state index contributed by atoms with van der Waals surface area (Å²) in [5, 5.41) is 20.5. The number of methoxy groups -OCH3 is 1. The Morgan fingerprint density at radius 1 is 0.913 bits per heavy atom. The van der Waals surface area contributed by atoms with Gasteiger partial charge in [-0.3, -0.25) is 9.69 Å². The van der Waals surface area contributed by atoms with E-state index in [0.717, 1.165) is 5.56 Å². The van der Waals surface area contributed by atoms with Gasteiger partial charge in [0.1, 0.15) is 11.5 Å². The molecule has 0 aliphatic carbocycles. The van der Waals surface area contributed by atoms with Crippen molar-refractivity contribution in [3.05, 3.63) is 81.4 Å². The number of aryl methyl sites for hydroxylation is 1. The third-order valence-corrected chi connectivity index (χ3v) is 7.83. The van der Waals surface area contributed by atoms with E-state index in [4.69, 9.17) is 26.2 Å². The molecule has 3 rings (SSSR count). The number of aliphatic hydroxyl groups is 1. The summed E-state index contributed by atoms with van der Waals surface area (Å²) in [7, 11) is 1.49. The second-order valence-corrected chi connectivity index (χ2v) is 11.7. The van der Waals surface area contributed by atoms with Gasteiger partial charge in [-0.15, -0.1) is 0 Å². The fourth-order valence-electron chi connectivity index (χ4n) is 5.16. The van der Waals surface area contributed by atoms with Crippen molar-refractivity contribution in [2.24, 2.45) is 0 Å². The molecule has 0 radical (unpaired) electrons. The maximum Gasteiger partial charge on any atom is 0.416 e. The van der Waals surface area contributed by atoms with Crippen molar-refractivity contribution in [3.8, 4) is 22.6 Å². The van der Waals surface area contributed by atoms with Gasteiger partial charge in [-0.25, -0.2) is 0 Å². The molecular formula is C33H36ClF6NO5. The van der Waals surface area contributed by atoms with Crippen molar-refractivity contribution >= 4 is 17.6 Å². The molecular weight excluding hydrogens is 640 g/mol. The van der Waals surface area contributed by atoms with Gasteiger partial charge in [0.15, 0.2) is 0 Å². The second-order valence-electron chi connectivity index (χ2n) is 11.3. The average Bonchev–Trinajstić information content (AvgIpc) is 2.96. The van der Waals surface area contributed by atoms with Gasteiger partial charge < -0.3 is 19.7 Å². The van der Waals surface area contributed by atoms with Crippen molar-refractivity contribution < 1.29 is 50.8 Å². The van der Waals surface area contributed by atoms with Crippen LogP contribution in [0.25, 0.3) is 11.1 Å². The van der Waals surface area contributed by atoms with Crippen molar-refractivity contribution in [1.82, 2.24) is 4.90 Å². The summed E-state index contributed by atoms with van der Waals surface area (Å²) in [6.45, 7) is 7.17. The summed E-state index contributed by atoms with van der Waals surface area (Å²) >= 11 is 6.38. The van der Waals surface area contributed by atoms with Crippen molar-refractivity contribution in [3.63, 3.8) is 0 Å². The largest absolute Gasteiger partial charge is 0.496 e. The van der Waals surface area contributed by atoms with Crippen LogP contribution in [0.15, 0.2) is 48.5 Å². The molecule has 2 N–H and O–H groups in total. The van der Waals surface area contributed by atoms with Crippen LogP contribution in [0.3, 0.4) is 0 Å². The maximum absolute atomic E-state index is 13.5. The highest BCUT2D eigenvalue weighted by Gasteiger charge is 2.38. The molecule has 6 nitrogen and oxygen atoms in total. The normalized spacial score (nSPS) is 13.6. The highest BCUT2D eigenvalue weighted by molar-refractivity contribution is 6.30. The predicted molar refractivity (Wildman–Crippen MR) is 162 cm³/mol. The van der Waals surface area contributed by atoms with Crippen molar-refractivity contribution in [2.45, 2.75) is 77.6 Å². The van der Waals surface area contributed by atoms with E-state index >= 15 is 0 Å². The lowest BCUT2D eigenvalue weighted by Gasteiger charge is -2.36. The van der Waals surface area contributed by atoms with Crippen LogP contribution in [0.2, 0.25) is 5.02 Å². The molecule has 0 aliphatic heterocycles. The van der Waals surface area contributed by atoms with Gasteiger partial charge in [0.2, 0.25) is 0 Å². The molecule has 0 heterocycles. The Labute approximate surface area is 268 Å². The van der Waals surface area contributed by atoms with E-state index in [9.17, 15) is 36.2 Å². The van der Waals surface area contributed by atoms with Crippen LogP contribution < -0.4 is 9.47 Å². The Morgan fingerprint density at radius 2 is 1.52 bits per heavy atom. The number of benzene rings is 3. The zero-order valence-electron chi connectivity index (χ0n) is 25.9. The lowest BCUT2D eigenvalue weighted by Crippen LogP contribution is -2.42. The highest BCUT2D eigenvalue weighted by Crippen LogP contribution is 2.41. The number of hydrogen-bond acceptors (Lipinski definition) is 5. The molecule has 0 bridgehead atoms. The number of aliphatic carboxylic acids is 1. The molecule has 0 spiro atoms. The molecule has 3 aromatic carbocycles. The molecule has 3 aromatic rings. The molecule has 0 aromatic heterocycles. The topological polar surface area (TPSA) is 79.2 Å². The number of rotatable bonds is 13. The van der Waals surface area contributed by atoms with Gasteiger partial charge in [0.05, 0.1) is 30.9 Å². The smallest absolute Gasteiger partial charge is 0.416 e. The first-order chi connectivity index (χ1) is 21.3. The summed E-state index contributed by atoms with van der Waals surface area (Å²) in [5.74, 6) is 0.0489. The lowest BCUT2D eigenvalue weighted by atomic mass is 9.94. The minimum absolute atomic E-state index is 0.0262. The van der Waals surface area contributed by atoms with Crippen LogP contribution in [-0.2, 0) is 23.7 Å². The number of aliphatic hydroxyl groups excluding tert-OH is 1. The summed E-state index contributed by atoms with van der Waals surface area (Å²) in [4.78, 5) is 12.6. The molecule has 2 atom stereocenters. The van der Waals surface area contributed by atoms with Crippen LogP contribution in [0.5, 0.6) is 11.5 Å². The van der Waals surface area contributed by atoms with Gasteiger partial charge in [0, 0.05) is 35.6 Å². The molecule has 0 saturated carbocycles. The molecule has 252 valence electrons. The second kappa shape index (κ2) is 15.0. The first-order valence-electron chi connectivity index (χ1n) is 14.4. The van der Waals surface area contributed by atoms with E-state index in [1.165, 1.54) is 14.0 Å². The van der Waals surface area contributed by atoms with Crippen LogP contribution in [-0.4, -0.2) is 46.9 Å². The predicted octanol–water partition coefficient (Wildman–Crippen LogP) is 8.94. The number of alkyl halides is 6. The Hall–Kier alpha value is -3.48. The zero-order chi connectivity index (χ0) is 34.6. The Kier molecular flexibility index (Phi) is 12.0. The Bertz CT molecular complexity index is 1490.